The SMILES string of the molecule is CCCc1nc(-c2ccc(Cl)cc2C)c(N)n1CCC. The van der Waals surface area contributed by atoms with Gasteiger partial charge in [-0.3, -0.25) is 0 Å². The summed E-state index contributed by atoms with van der Waals surface area (Å²) in [5.41, 5.74) is 9.39. The van der Waals surface area contributed by atoms with E-state index >= 15 is 0 Å². The molecule has 0 fully saturated rings. The molecule has 20 heavy (non-hydrogen) atoms. The number of aryl methyl sites for hydroxylation is 2. The summed E-state index contributed by atoms with van der Waals surface area (Å²) in [6, 6.07) is 5.85. The van der Waals surface area contributed by atoms with Crippen molar-refractivity contribution < 1.29 is 0 Å². The van der Waals surface area contributed by atoms with Crippen LogP contribution < -0.4 is 5.73 Å². The van der Waals surface area contributed by atoms with Gasteiger partial charge in [-0.25, -0.2) is 4.98 Å². The van der Waals surface area contributed by atoms with Crippen LogP contribution in [0.25, 0.3) is 11.3 Å². The third-order valence-corrected chi connectivity index (χ3v) is 3.69. The van der Waals surface area contributed by atoms with Crippen LogP contribution >= 0.6 is 11.6 Å². The maximum absolute atomic E-state index is 6.33. The van der Waals surface area contributed by atoms with Gasteiger partial charge in [0, 0.05) is 23.6 Å². The topological polar surface area (TPSA) is 43.8 Å². The summed E-state index contributed by atoms with van der Waals surface area (Å²) in [5, 5.41) is 0.742. The van der Waals surface area contributed by atoms with Gasteiger partial charge in [-0.2, -0.15) is 0 Å². The molecular formula is C16H22ClN3. The number of hydrogen-bond donors (Lipinski definition) is 1. The Labute approximate surface area is 125 Å². The van der Waals surface area contributed by atoms with E-state index in [9.17, 15) is 0 Å². The number of nitrogens with zero attached hydrogens (tertiary/aromatic N) is 2. The molecule has 4 heteroatoms. The first-order valence-electron chi connectivity index (χ1n) is 7.19. The fraction of sp³-hybridized carbons (Fsp3) is 0.438. The number of rotatable bonds is 5. The zero-order valence-corrected chi connectivity index (χ0v) is 13.2. The molecule has 2 N–H and O–H groups in total. The first-order chi connectivity index (χ1) is 9.58. The highest BCUT2D eigenvalue weighted by Gasteiger charge is 2.16. The van der Waals surface area contributed by atoms with Gasteiger partial charge in [-0.05, 0) is 37.5 Å². The van der Waals surface area contributed by atoms with Crippen molar-refractivity contribution in [3.8, 4) is 11.3 Å². The van der Waals surface area contributed by atoms with Crippen molar-refractivity contribution >= 4 is 17.4 Å². The predicted octanol–water partition coefficient (Wildman–Crippen LogP) is 4.46. The van der Waals surface area contributed by atoms with E-state index in [0.29, 0.717) is 0 Å². The van der Waals surface area contributed by atoms with Crippen LogP contribution in [-0.2, 0) is 13.0 Å². The fourth-order valence-corrected chi connectivity index (χ4v) is 2.72. The molecule has 0 aliphatic heterocycles. The van der Waals surface area contributed by atoms with Gasteiger partial charge in [-0.15, -0.1) is 0 Å². The normalized spacial score (nSPS) is 11.0. The molecule has 0 atom stereocenters. The van der Waals surface area contributed by atoms with Crippen molar-refractivity contribution in [1.29, 1.82) is 0 Å². The second-order valence-electron chi connectivity index (χ2n) is 5.12. The summed E-state index contributed by atoms with van der Waals surface area (Å²) in [7, 11) is 0. The molecule has 1 aromatic heterocycles. The molecule has 0 aliphatic carbocycles. The van der Waals surface area contributed by atoms with E-state index in [1.165, 1.54) is 0 Å². The van der Waals surface area contributed by atoms with Crippen molar-refractivity contribution in [1.82, 2.24) is 9.55 Å². The van der Waals surface area contributed by atoms with Crippen LogP contribution in [-0.4, -0.2) is 9.55 Å². The van der Waals surface area contributed by atoms with E-state index in [0.717, 1.165) is 59.3 Å². The van der Waals surface area contributed by atoms with Gasteiger partial charge in [0.15, 0.2) is 0 Å². The minimum absolute atomic E-state index is 0.742. The number of halogens is 1. The molecule has 0 saturated carbocycles. The Morgan fingerprint density at radius 1 is 1.25 bits per heavy atom. The molecular weight excluding hydrogens is 270 g/mol. The summed E-state index contributed by atoms with van der Waals surface area (Å²) >= 11 is 6.02. The van der Waals surface area contributed by atoms with E-state index in [-0.39, 0.29) is 0 Å². The van der Waals surface area contributed by atoms with Crippen LogP contribution in [0.1, 0.15) is 38.1 Å². The van der Waals surface area contributed by atoms with Crippen LogP contribution in [0.4, 0.5) is 5.82 Å². The Bertz CT molecular complexity index is 602. The lowest BCUT2D eigenvalue weighted by molar-refractivity contribution is 0.637. The number of aromatic nitrogens is 2. The summed E-state index contributed by atoms with van der Waals surface area (Å²) in [5.74, 6) is 1.84. The van der Waals surface area contributed by atoms with Crippen LogP contribution in [0.2, 0.25) is 5.02 Å². The zero-order chi connectivity index (χ0) is 14.7. The lowest BCUT2D eigenvalue weighted by Gasteiger charge is -2.08. The molecule has 2 rings (SSSR count). The second kappa shape index (κ2) is 6.31. The Hall–Kier alpha value is -1.48. The summed E-state index contributed by atoms with van der Waals surface area (Å²) < 4.78 is 2.15. The Kier molecular flexibility index (Phi) is 4.71. The number of hydrogen-bond acceptors (Lipinski definition) is 2. The number of nitrogen functional groups attached to an aromatic ring is 1. The molecule has 0 aliphatic rings. The van der Waals surface area contributed by atoms with Crippen LogP contribution in [0, 0.1) is 6.92 Å². The third kappa shape index (κ3) is 2.83. The standard InChI is InChI=1S/C16H22ClN3/c1-4-6-14-19-15(16(18)20(14)9-5-2)13-8-7-12(17)10-11(13)3/h7-8,10H,4-6,9,18H2,1-3H3. The van der Waals surface area contributed by atoms with Gasteiger partial charge in [-0.1, -0.05) is 31.5 Å². The molecule has 0 bridgehead atoms. The molecule has 1 heterocycles. The molecule has 0 saturated heterocycles. The fourth-order valence-electron chi connectivity index (χ4n) is 2.49. The molecule has 2 aromatic rings. The maximum atomic E-state index is 6.33. The van der Waals surface area contributed by atoms with E-state index in [4.69, 9.17) is 22.3 Å². The van der Waals surface area contributed by atoms with Crippen molar-refractivity contribution in [2.24, 2.45) is 0 Å². The molecule has 0 amide bonds. The summed E-state index contributed by atoms with van der Waals surface area (Å²) in [6.07, 6.45) is 3.08. The van der Waals surface area contributed by atoms with Crippen LogP contribution in [0.5, 0.6) is 0 Å². The first-order valence-corrected chi connectivity index (χ1v) is 7.57. The number of nitrogens with two attached hydrogens (primary N) is 1. The van der Waals surface area contributed by atoms with Crippen molar-refractivity contribution in [2.75, 3.05) is 5.73 Å². The van der Waals surface area contributed by atoms with E-state index in [2.05, 4.69) is 18.4 Å². The lowest BCUT2D eigenvalue weighted by atomic mass is 10.1. The quantitative estimate of drug-likeness (QED) is 0.884. The van der Waals surface area contributed by atoms with Gasteiger partial charge in [0.1, 0.15) is 17.3 Å². The maximum Gasteiger partial charge on any atom is 0.131 e. The first kappa shape index (κ1) is 14.9. The van der Waals surface area contributed by atoms with E-state index in [1.54, 1.807) is 0 Å². The zero-order valence-electron chi connectivity index (χ0n) is 12.4. The van der Waals surface area contributed by atoms with Gasteiger partial charge in [0.25, 0.3) is 0 Å². The Morgan fingerprint density at radius 3 is 2.60 bits per heavy atom. The Morgan fingerprint density at radius 2 is 2.00 bits per heavy atom. The lowest BCUT2D eigenvalue weighted by Crippen LogP contribution is -2.06. The predicted molar refractivity (Wildman–Crippen MR) is 86.1 cm³/mol. The van der Waals surface area contributed by atoms with Gasteiger partial charge in [0.2, 0.25) is 0 Å². The van der Waals surface area contributed by atoms with E-state index < -0.39 is 0 Å². The highest BCUT2D eigenvalue weighted by molar-refractivity contribution is 6.30. The largest absolute Gasteiger partial charge is 0.383 e. The highest BCUT2D eigenvalue weighted by Crippen LogP contribution is 2.31. The summed E-state index contributed by atoms with van der Waals surface area (Å²) in [6.45, 7) is 7.27. The average Bonchev–Trinajstić information content (AvgIpc) is 2.69. The minimum Gasteiger partial charge on any atom is -0.383 e. The second-order valence-corrected chi connectivity index (χ2v) is 5.56. The Balaban J connectivity index is 2.53. The van der Waals surface area contributed by atoms with Crippen molar-refractivity contribution in [2.45, 2.75) is 46.6 Å². The van der Waals surface area contributed by atoms with E-state index in [1.807, 2.05) is 25.1 Å². The molecule has 3 nitrogen and oxygen atoms in total. The number of anilines is 1. The highest BCUT2D eigenvalue weighted by atomic mass is 35.5. The third-order valence-electron chi connectivity index (χ3n) is 3.45. The molecule has 108 valence electrons. The number of benzene rings is 1. The van der Waals surface area contributed by atoms with Crippen LogP contribution in [0.15, 0.2) is 18.2 Å². The molecule has 0 radical (unpaired) electrons. The summed E-state index contributed by atoms with van der Waals surface area (Å²) in [4.78, 5) is 4.77. The average molecular weight is 292 g/mol. The van der Waals surface area contributed by atoms with Gasteiger partial charge in [0.05, 0.1) is 0 Å². The smallest absolute Gasteiger partial charge is 0.131 e. The molecule has 0 spiro atoms. The van der Waals surface area contributed by atoms with Crippen molar-refractivity contribution in [3.05, 3.63) is 34.6 Å². The van der Waals surface area contributed by atoms with Gasteiger partial charge < -0.3 is 10.3 Å². The monoisotopic (exact) mass is 291 g/mol. The molecule has 0 unspecified atom stereocenters. The van der Waals surface area contributed by atoms with Crippen LogP contribution in [0.3, 0.4) is 0 Å². The van der Waals surface area contributed by atoms with Gasteiger partial charge >= 0.3 is 0 Å². The van der Waals surface area contributed by atoms with Crippen molar-refractivity contribution in [3.63, 3.8) is 0 Å². The molecule has 1 aromatic carbocycles. The minimum atomic E-state index is 0.742. The number of imidazole rings is 1.